The van der Waals surface area contributed by atoms with E-state index in [-0.39, 0.29) is 18.4 Å². The number of nitrogens with two attached hydrogens (primary N) is 1. The van der Waals surface area contributed by atoms with Gasteiger partial charge >= 0.3 is 0 Å². The standard InChI is InChI=1S/C19H23N3O2/c1-4-14-7-8-16(10-17(14)22-18(23)11-20)21-19(24)15-6-5-12(2)13(3)9-15/h5-10H,4,11,20H2,1-3H3,(H,21,24)(H,22,23). The van der Waals surface area contributed by atoms with E-state index in [0.717, 1.165) is 23.1 Å². The zero-order valence-electron chi connectivity index (χ0n) is 14.3. The summed E-state index contributed by atoms with van der Waals surface area (Å²) in [4.78, 5) is 24.0. The van der Waals surface area contributed by atoms with Crippen molar-refractivity contribution in [3.8, 4) is 0 Å². The van der Waals surface area contributed by atoms with E-state index >= 15 is 0 Å². The van der Waals surface area contributed by atoms with Crippen molar-refractivity contribution in [2.24, 2.45) is 5.73 Å². The largest absolute Gasteiger partial charge is 0.325 e. The number of nitrogens with one attached hydrogen (secondary N) is 2. The summed E-state index contributed by atoms with van der Waals surface area (Å²) < 4.78 is 0. The number of amides is 2. The van der Waals surface area contributed by atoms with Gasteiger partial charge in [0.25, 0.3) is 5.91 Å². The van der Waals surface area contributed by atoms with Crippen molar-refractivity contribution in [1.29, 1.82) is 0 Å². The molecule has 0 heterocycles. The minimum Gasteiger partial charge on any atom is -0.325 e. The fourth-order valence-electron chi connectivity index (χ4n) is 2.37. The fourth-order valence-corrected chi connectivity index (χ4v) is 2.37. The number of hydrogen-bond acceptors (Lipinski definition) is 3. The van der Waals surface area contributed by atoms with Crippen LogP contribution in [0.25, 0.3) is 0 Å². The lowest BCUT2D eigenvalue weighted by molar-refractivity contribution is -0.114. The first-order valence-corrected chi connectivity index (χ1v) is 7.96. The molecule has 24 heavy (non-hydrogen) atoms. The topological polar surface area (TPSA) is 84.2 Å². The molecule has 0 atom stereocenters. The molecule has 0 spiro atoms. The molecule has 5 heteroatoms. The van der Waals surface area contributed by atoms with Crippen LogP contribution in [0, 0.1) is 13.8 Å². The summed E-state index contributed by atoms with van der Waals surface area (Å²) in [7, 11) is 0. The van der Waals surface area contributed by atoms with Gasteiger partial charge in [0.2, 0.25) is 5.91 Å². The molecule has 0 fully saturated rings. The van der Waals surface area contributed by atoms with Gasteiger partial charge in [-0.1, -0.05) is 19.1 Å². The van der Waals surface area contributed by atoms with Gasteiger partial charge in [0.05, 0.1) is 6.54 Å². The van der Waals surface area contributed by atoms with Gasteiger partial charge < -0.3 is 16.4 Å². The molecule has 126 valence electrons. The van der Waals surface area contributed by atoms with Crippen molar-refractivity contribution in [2.45, 2.75) is 27.2 Å². The molecule has 0 aliphatic carbocycles. The van der Waals surface area contributed by atoms with Gasteiger partial charge in [0, 0.05) is 16.9 Å². The third-order valence-electron chi connectivity index (χ3n) is 3.98. The second kappa shape index (κ2) is 7.75. The Morgan fingerprint density at radius 1 is 1.00 bits per heavy atom. The van der Waals surface area contributed by atoms with Crippen LogP contribution in [0.1, 0.15) is 34.0 Å². The van der Waals surface area contributed by atoms with Crippen LogP contribution in [0.3, 0.4) is 0 Å². The van der Waals surface area contributed by atoms with Crippen molar-refractivity contribution in [3.63, 3.8) is 0 Å². The Morgan fingerprint density at radius 3 is 2.38 bits per heavy atom. The van der Waals surface area contributed by atoms with Crippen LogP contribution in [-0.4, -0.2) is 18.4 Å². The van der Waals surface area contributed by atoms with E-state index < -0.39 is 0 Å². The molecule has 0 bridgehead atoms. The third kappa shape index (κ3) is 4.20. The summed E-state index contributed by atoms with van der Waals surface area (Å²) in [6, 6.07) is 11.1. The minimum atomic E-state index is -0.262. The van der Waals surface area contributed by atoms with Gasteiger partial charge in [0.1, 0.15) is 0 Å². The molecule has 0 saturated heterocycles. The Labute approximate surface area is 142 Å². The number of carbonyl (C=O) groups excluding carboxylic acids is 2. The second-order valence-electron chi connectivity index (χ2n) is 5.73. The molecule has 2 rings (SSSR count). The minimum absolute atomic E-state index is 0.0810. The van der Waals surface area contributed by atoms with Gasteiger partial charge in [-0.25, -0.2) is 0 Å². The lowest BCUT2D eigenvalue weighted by Gasteiger charge is -2.13. The Bertz CT molecular complexity index is 769. The van der Waals surface area contributed by atoms with Crippen molar-refractivity contribution in [1.82, 2.24) is 0 Å². The SMILES string of the molecule is CCc1ccc(NC(=O)c2ccc(C)c(C)c2)cc1NC(=O)CN. The predicted molar refractivity (Wildman–Crippen MR) is 97.4 cm³/mol. The molecule has 0 aliphatic rings. The van der Waals surface area contributed by atoms with Gasteiger partial charge in [-0.3, -0.25) is 9.59 Å². The first-order chi connectivity index (χ1) is 11.4. The van der Waals surface area contributed by atoms with Crippen LogP contribution in [0.4, 0.5) is 11.4 Å². The van der Waals surface area contributed by atoms with E-state index in [1.165, 1.54) is 0 Å². The summed E-state index contributed by atoms with van der Waals surface area (Å²) in [5.41, 5.74) is 10.5. The fraction of sp³-hybridized carbons (Fsp3) is 0.263. The molecule has 0 radical (unpaired) electrons. The van der Waals surface area contributed by atoms with Crippen LogP contribution < -0.4 is 16.4 Å². The highest BCUT2D eigenvalue weighted by Crippen LogP contribution is 2.22. The smallest absolute Gasteiger partial charge is 0.255 e. The first-order valence-electron chi connectivity index (χ1n) is 7.96. The lowest BCUT2D eigenvalue weighted by Crippen LogP contribution is -2.22. The number of anilines is 2. The molecule has 0 saturated carbocycles. The van der Waals surface area contributed by atoms with E-state index in [1.807, 2.05) is 45.0 Å². The number of hydrogen-bond donors (Lipinski definition) is 3. The van der Waals surface area contributed by atoms with Gasteiger partial charge in [-0.05, 0) is 61.2 Å². The molecule has 2 aromatic carbocycles. The Balaban J connectivity index is 2.22. The van der Waals surface area contributed by atoms with E-state index in [1.54, 1.807) is 12.1 Å². The molecule has 0 aliphatic heterocycles. The van der Waals surface area contributed by atoms with Crippen LogP contribution >= 0.6 is 0 Å². The summed E-state index contributed by atoms with van der Waals surface area (Å²) >= 11 is 0. The maximum atomic E-state index is 12.4. The van der Waals surface area contributed by atoms with Crippen LogP contribution in [-0.2, 0) is 11.2 Å². The Kier molecular flexibility index (Phi) is 5.71. The van der Waals surface area contributed by atoms with E-state index in [9.17, 15) is 9.59 Å². The van der Waals surface area contributed by atoms with Crippen molar-refractivity contribution >= 4 is 23.2 Å². The van der Waals surface area contributed by atoms with Gasteiger partial charge in [-0.15, -0.1) is 0 Å². The summed E-state index contributed by atoms with van der Waals surface area (Å²) in [5.74, 6) is -0.444. The number of rotatable bonds is 5. The van der Waals surface area contributed by atoms with E-state index in [4.69, 9.17) is 5.73 Å². The van der Waals surface area contributed by atoms with Crippen LogP contribution in [0.5, 0.6) is 0 Å². The maximum Gasteiger partial charge on any atom is 0.255 e. The van der Waals surface area contributed by atoms with Crippen molar-refractivity contribution < 1.29 is 9.59 Å². The average molecular weight is 325 g/mol. The molecule has 2 aromatic rings. The maximum absolute atomic E-state index is 12.4. The Morgan fingerprint density at radius 2 is 1.75 bits per heavy atom. The van der Waals surface area contributed by atoms with Crippen molar-refractivity contribution in [2.75, 3.05) is 17.2 Å². The monoisotopic (exact) mass is 325 g/mol. The van der Waals surface area contributed by atoms with E-state index in [2.05, 4.69) is 10.6 Å². The summed E-state index contributed by atoms with van der Waals surface area (Å²) in [6.07, 6.45) is 0.769. The normalized spacial score (nSPS) is 10.3. The number of carbonyl (C=O) groups is 2. The zero-order chi connectivity index (χ0) is 17.7. The number of benzene rings is 2. The molecular weight excluding hydrogens is 302 g/mol. The summed E-state index contributed by atoms with van der Waals surface area (Å²) in [5, 5.41) is 5.63. The average Bonchev–Trinajstić information content (AvgIpc) is 2.57. The molecule has 4 N–H and O–H groups in total. The van der Waals surface area contributed by atoms with Crippen LogP contribution in [0.15, 0.2) is 36.4 Å². The predicted octanol–water partition coefficient (Wildman–Crippen LogP) is 3.02. The number of aryl methyl sites for hydroxylation is 3. The van der Waals surface area contributed by atoms with Gasteiger partial charge in [-0.2, -0.15) is 0 Å². The highest BCUT2D eigenvalue weighted by molar-refractivity contribution is 6.05. The summed E-state index contributed by atoms with van der Waals surface area (Å²) in [6.45, 7) is 5.90. The lowest BCUT2D eigenvalue weighted by atomic mass is 10.1. The van der Waals surface area contributed by atoms with Crippen LogP contribution in [0.2, 0.25) is 0 Å². The quantitative estimate of drug-likeness (QED) is 0.790. The zero-order valence-corrected chi connectivity index (χ0v) is 14.3. The molecule has 2 amide bonds. The Hall–Kier alpha value is -2.66. The van der Waals surface area contributed by atoms with Gasteiger partial charge in [0.15, 0.2) is 0 Å². The third-order valence-corrected chi connectivity index (χ3v) is 3.98. The highest BCUT2D eigenvalue weighted by Gasteiger charge is 2.10. The molecular formula is C19H23N3O2. The molecule has 0 aromatic heterocycles. The van der Waals surface area contributed by atoms with Crippen molar-refractivity contribution in [3.05, 3.63) is 58.7 Å². The molecule has 0 unspecified atom stereocenters. The second-order valence-corrected chi connectivity index (χ2v) is 5.73. The molecule has 5 nitrogen and oxygen atoms in total. The highest BCUT2D eigenvalue weighted by atomic mass is 16.2. The first kappa shape index (κ1) is 17.7. The van der Waals surface area contributed by atoms with E-state index in [0.29, 0.717) is 16.9 Å².